The minimum absolute atomic E-state index is 0.0680. The first-order chi connectivity index (χ1) is 9.20. The van der Waals surface area contributed by atoms with Gasteiger partial charge in [0.25, 0.3) is 0 Å². The van der Waals surface area contributed by atoms with Crippen molar-refractivity contribution in [3.8, 4) is 0 Å². The third-order valence-electron chi connectivity index (χ3n) is 3.19. The molecule has 1 aromatic carbocycles. The molecule has 2 atom stereocenters. The molecule has 1 amide bonds. The van der Waals surface area contributed by atoms with Gasteiger partial charge in [0.15, 0.2) is 0 Å². The van der Waals surface area contributed by atoms with Crippen LogP contribution in [0.2, 0.25) is 5.02 Å². The lowest BCUT2D eigenvalue weighted by Gasteiger charge is -2.18. The Kier molecular flexibility index (Phi) is 5.19. The van der Waals surface area contributed by atoms with E-state index in [2.05, 4.69) is 5.32 Å². The first-order valence-electron chi connectivity index (χ1n) is 6.38. The molecule has 5 heteroatoms. The Hall–Kier alpha value is -1.10. The Morgan fingerprint density at radius 3 is 3.11 bits per heavy atom. The predicted octanol–water partition coefficient (Wildman–Crippen LogP) is 2.32. The molecule has 1 N–H and O–H groups in total. The number of ether oxygens (including phenoxy) is 2. The number of rotatable bonds is 5. The Balaban J connectivity index is 1.90. The molecule has 1 heterocycles. The number of carbonyl (C=O) groups is 1. The van der Waals surface area contributed by atoms with E-state index in [-0.39, 0.29) is 18.1 Å². The third-order valence-corrected chi connectivity index (χ3v) is 3.42. The second-order valence-electron chi connectivity index (χ2n) is 4.53. The van der Waals surface area contributed by atoms with Crippen molar-refractivity contribution in [1.82, 2.24) is 5.32 Å². The average molecular weight is 284 g/mol. The minimum atomic E-state index is -0.308. The number of hydrogen-bond acceptors (Lipinski definition) is 3. The molecule has 0 bridgehead atoms. The van der Waals surface area contributed by atoms with Crippen LogP contribution in [0.15, 0.2) is 24.3 Å². The molecule has 2 rings (SSSR count). The lowest BCUT2D eigenvalue weighted by Crippen LogP contribution is -2.37. The van der Waals surface area contributed by atoms with Crippen LogP contribution < -0.4 is 5.32 Å². The van der Waals surface area contributed by atoms with Gasteiger partial charge in [-0.1, -0.05) is 23.7 Å². The summed E-state index contributed by atoms with van der Waals surface area (Å²) in [4.78, 5) is 11.8. The summed E-state index contributed by atoms with van der Waals surface area (Å²) in [5, 5.41) is 3.52. The van der Waals surface area contributed by atoms with Crippen LogP contribution in [0.1, 0.15) is 24.5 Å². The zero-order valence-electron chi connectivity index (χ0n) is 10.9. The van der Waals surface area contributed by atoms with Gasteiger partial charge in [-0.05, 0) is 30.5 Å². The summed E-state index contributed by atoms with van der Waals surface area (Å²) < 4.78 is 10.7. The van der Waals surface area contributed by atoms with Gasteiger partial charge in [0.2, 0.25) is 5.91 Å². The van der Waals surface area contributed by atoms with Crippen LogP contribution in [0.5, 0.6) is 0 Å². The Morgan fingerprint density at radius 1 is 1.63 bits per heavy atom. The van der Waals surface area contributed by atoms with Crippen molar-refractivity contribution >= 4 is 17.5 Å². The van der Waals surface area contributed by atoms with E-state index < -0.39 is 0 Å². The van der Waals surface area contributed by atoms with Crippen molar-refractivity contribution < 1.29 is 14.3 Å². The van der Waals surface area contributed by atoms with Crippen LogP contribution in [0.25, 0.3) is 0 Å². The summed E-state index contributed by atoms with van der Waals surface area (Å²) in [5.74, 6) is -0.0680. The average Bonchev–Trinajstić information content (AvgIpc) is 2.93. The first-order valence-corrected chi connectivity index (χ1v) is 6.76. The number of hydrogen-bond donors (Lipinski definition) is 1. The number of amides is 1. The molecule has 1 aliphatic rings. The van der Waals surface area contributed by atoms with Gasteiger partial charge in [-0.15, -0.1) is 0 Å². The smallest absolute Gasteiger partial charge is 0.249 e. The van der Waals surface area contributed by atoms with E-state index in [1.165, 1.54) is 0 Å². The quantitative estimate of drug-likeness (QED) is 0.902. The van der Waals surface area contributed by atoms with Crippen molar-refractivity contribution in [3.63, 3.8) is 0 Å². The lowest BCUT2D eigenvalue weighted by molar-refractivity contribution is -0.130. The molecule has 0 aliphatic carbocycles. The molecule has 1 saturated heterocycles. The molecule has 4 nitrogen and oxygen atoms in total. The number of methoxy groups -OCH3 is 1. The fourth-order valence-electron chi connectivity index (χ4n) is 2.14. The largest absolute Gasteiger partial charge is 0.375 e. The molecular weight excluding hydrogens is 266 g/mol. The Labute approximate surface area is 118 Å². The second kappa shape index (κ2) is 6.89. The van der Waals surface area contributed by atoms with Crippen molar-refractivity contribution in [2.45, 2.75) is 25.0 Å². The summed E-state index contributed by atoms with van der Waals surface area (Å²) in [7, 11) is 1.61. The molecular formula is C14H18ClNO3. The highest BCUT2D eigenvalue weighted by atomic mass is 35.5. The van der Waals surface area contributed by atoms with Crippen molar-refractivity contribution in [1.29, 1.82) is 0 Å². The maximum Gasteiger partial charge on any atom is 0.249 e. The molecule has 104 valence electrons. The maximum absolute atomic E-state index is 11.8. The number of nitrogens with one attached hydrogen (secondary N) is 1. The molecule has 1 aromatic rings. The van der Waals surface area contributed by atoms with Crippen LogP contribution in [0.3, 0.4) is 0 Å². The van der Waals surface area contributed by atoms with E-state index >= 15 is 0 Å². The molecule has 0 aromatic heterocycles. The molecule has 0 radical (unpaired) electrons. The Morgan fingerprint density at radius 2 is 2.47 bits per heavy atom. The van der Waals surface area contributed by atoms with Gasteiger partial charge in [0.05, 0.1) is 6.10 Å². The van der Waals surface area contributed by atoms with Crippen molar-refractivity contribution in [2.24, 2.45) is 0 Å². The molecule has 1 aliphatic heterocycles. The SMILES string of the molecule is COC(CNC(=O)C1CCCO1)c1cccc(Cl)c1. The highest BCUT2D eigenvalue weighted by Crippen LogP contribution is 2.20. The standard InChI is InChI=1S/C14H18ClNO3/c1-18-13(10-4-2-5-11(15)8-10)9-16-14(17)12-6-3-7-19-12/h2,4-5,8,12-13H,3,6-7,9H2,1H3,(H,16,17). The van der Waals surface area contributed by atoms with Gasteiger partial charge in [-0.3, -0.25) is 4.79 Å². The molecule has 1 fully saturated rings. The monoisotopic (exact) mass is 283 g/mol. The summed E-state index contributed by atoms with van der Waals surface area (Å²) in [6.07, 6.45) is 1.22. The van der Waals surface area contributed by atoms with Crippen LogP contribution >= 0.6 is 11.6 Å². The van der Waals surface area contributed by atoms with E-state index in [0.29, 0.717) is 18.2 Å². The zero-order valence-corrected chi connectivity index (χ0v) is 11.7. The third kappa shape index (κ3) is 3.93. The second-order valence-corrected chi connectivity index (χ2v) is 4.96. The number of benzene rings is 1. The first kappa shape index (κ1) is 14.3. The van der Waals surface area contributed by atoms with Gasteiger partial charge >= 0.3 is 0 Å². The fourth-order valence-corrected chi connectivity index (χ4v) is 2.33. The van der Waals surface area contributed by atoms with Crippen LogP contribution in [0.4, 0.5) is 0 Å². The molecule has 2 unspecified atom stereocenters. The van der Waals surface area contributed by atoms with E-state index in [1.807, 2.05) is 24.3 Å². The van der Waals surface area contributed by atoms with Gasteiger partial charge in [-0.2, -0.15) is 0 Å². The van der Waals surface area contributed by atoms with E-state index in [9.17, 15) is 4.79 Å². The van der Waals surface area contributed by atoms with Gasteiger partial charge in [-0.25, -0.2) is 0 Å². The van der Waals surface area contributed by atoms with Crippen LogP contribution in [0, 0.1) is 0 Å². The summed E-state index contributed by atoms with van der Waals surface area (Å²) in [6.45, 7) is 1.08. The van der Waals surface area contributed by atoms with Gasteiger partial charge < -0.3 is 14.8 Å². The van der Waals surface area contributed by atoms with Gasteiger partial charge in [0.1, 0.15) is 6.10 Å². The molecule has 0 spiro atoms. The maximum atomic E-state index is 11.8. The summed E-state index contributed by atoms with van der Waals surface area (Å²) >= 11 is 5.95. The lowest BCUT2D eigenvalue weighted by atomic mass is 10.1. The van der Waals surface area contributed by atoms with E-state index in [1.54, 1.807) is 7.11 Å². The van der Waals surface area contributed by atoms with Crippen molar-refractivity contribution in [3.05, 3.63) is 34.9 Å². The van der Waals surface area contributed by atoms with E-state index in [4.69, 9.17) is 21.1 Å². The number of carbonyl (C=O) groups excluding carboxylic acids is 1. The van der Waals surface area contributed by atoms with Crippen molar-refractivity contribution in [2.75, 3.05) is 20.3 Å². The van der Waals surface area contributed by atoms with E-state index in [0.717, 1.165) is 18.4 Å². The summed E-state index contributed by atoms with van der Waals surface area (Å²) in [5.41, 5.74) is 0.947. The highest BCUT2D eigenvalue weighted by Gasteiger charge is 2.24. The Bertz CT molecular complexity index is 432. The zero-order chi connectivity index (χ0) is 13.7. The highest BCUT2D eigenvalue weighted by molar-refractivity contribution is 6.30. The van der Waals surface area contributed by atoms with Crippen LogP contribution in [-0.2, 0) is 14.3 Å². The normalized spacial score (nSPS) is 20.2. The fraction of sp³-hybridized carbons (Fsp3) is 0.500. The summed E-state index contributed by atoms with van der Waals surface area (Å²) in [6, 6.07) is 7.44. The number of halogens is 1. The minimum Gasteiger partial charge on any atom is -0.375 e. The predicted molar refractivity (Wildman–Crippen MR) is 73.2 cm³/mol. The topological polar surface area (TPSA) is 47.6 Å². The molecule has 19 heavy (non-hydrogen) atoms. The van der Waals surface area contributed by atoms with Gasteiger partial charge in [0, 0.05) is 25.3 Å². The molecule has 0 saturated carbocycles. The van der Waals surface area contributed by atoms with Crippen LogP contribution in [-0.4, -0.2) is 32.3 Å².